The van der Waals surface area contributed by atoms with E-state index in [1.807, 2.05) is 0 Å². The average Bonchev–Trinajstić information content (AvgIpc) is 2.57. The fraction of sp³-hybridized carbons (Fsp3) is 0.273. The van der Waals surface area contributed by atoms with Crippen LogP contribution in [0.1, 0.15) is 12.5 Å². The van der Waals surface area contributed by atoms with Crippen molar-refractivity contribution in [2.75, 3.05) is 5.01 Å². The molecule has 17 heavy (non-hydrogen) atoms. The number of alkyl halides is 3. The second-order valence-corrected chi connectivity index (χ2v) is 3.79. The molecule has 1 aliphatic heterocycles. The molecule has 0 saturated carbocycles. The normalized spacial score (nSPS) is 20.2. The Balaban J connectivity index is 2.29. The summed E-state index contributed by atoms with van der Waals surface area (Å²) in [6.07, 6.45) is -3.83. The number of hydrazine groups is 1. The third-order valence-electron chi connectivity index (χ3n) is 2.41. The van der Waals surface area contributed by atoms with E-state index in [9.17, 15) is 18.3 Å². The average molecular weight is 244 g/mol. The number of benzene rings is 1. The van der Waals surface area contributed by atoms with Gasteiger partial charge in [0.2, 0.25) is 0 Å². The van der Waals surface area contributed by atoms with Gasteiger partial charge in [0.25, 0.3) is 0 Å². The number of halogens is 3. The SMILES string of the molecule is CC1=CC(O)N(c2cccc(C(F)(F)F)c2)N1. The highest BCUT2D eigenvalue weighted by Crippen LogP contribution is 2.32. The number of rotatable bonds is 1. The lowest BCUT2D eigenvalue weighted by atomic mass is 10.2. The Labute approximate surface area is 96.1 Å². The maximum Gasteiger partial charge on any atom is 0.416 e. The summed E-state index contributed by atoms with van der Waals surface area (Å²) < 4.78 is 37.5. The maximum atomic E-state index is 12.5. The molecule has 0 aromatic heterocycles. The molecule has 2 rings (SSSR count). The molecule has 0 saturated heterocycles. The smallest absolute Gasteiger partial charge is 0.368 e. The van der Waals surface area contributed by atoms with E-state index in [0.717, 1.165) is 12.1 Å². The van der Waals surface area contributed by atoms with Crippen LogP contribution in [-0.4, -0.2) is 11.3 Å². The molecule has 2 N–H and O–H groups in total. The number of anilines is 1. The first kappa shape index (κ1) is 11.8. The first-order chi connectivity index (χ1) is 7.88. The summed E-state index contributed by atoms with van der Waals surface area (Å²) in [4.78, 5) is 0. The molecule has 1 unspecified atom stereocenters. The zero-order chi connectivity index (χ0) is 12.6. The minimum absolute atomic E-state index is 0.264. The van der Waals surface area contributed by atoms with E-state index >= 15 is 0 Å². The molecule has 1 atom stereocenters. The van der Waals surface area contributed by atoms with Crippen molar-refractivity contribution in [2.45, 2.75) is 19.3 Å². The number of aliphatic hydroxyl groups excluding tert-OH is 1. The standard InChI is InChI=1S/C11H11F3N2O/c1-7-5-10(17)16(15-7)9-4-2-3-8(6-9)11(12,13)14/h2-6,10,15,17H,1H3. The quantitative estimate of drug-likeness (QED) is 0.795. The minimum Gasteiger partial charge on any atom is -0.368 e. The van der Waals surface area contributed by atoms with Crippen LogP contribution < -0.4 is 10.4 Å². The molecule has 0 fully saturated rings. The van der Waals surface area contributed by atoms with Gasteiger partial charge in [0.15, 0.2) is 6.23 Å². The molecule has 0 spiro atoms. The van der Waals surface area contributed by atoms with Crippen LogP contribution in [-0.2, 0) is 6.18 Å². The number of allylic oxidation sites excluding steroid dienone is 1. The molecule has 1 aromatic carbocycles. The predicted molar refractivity (Wildman–Crippen MR) is 56.8 cm³/mol. The fourth-order valence-corrected chi connectivity index (χ4v) is 1.64. The van der Waals surface area contributed by atoms with Gasteiger partial charge in [-0.2, -0.15) is 13.2 Å². The Kier molecular flexibility index (Phi) is 2.74. The summed E-state index contributed by atoms with van der Waals surface area (Å²) >= 11 is 0. The molecule has 0 bridgehead atoms. The third-order valence-corrected chi connectivity index (χ3v) is 2.41. The van der Waals surface area contributed by atoms with Crippen LogP contribution >= 0.6 is 0 Å². The second kappa shape index (κ2) is 3.96. The maximum absolute atomic E-state index is 12.5. The molecule has 92 valence electrons. The van der Waals surface area contributed by atoms with Crippen molar-refractivity contribution >= 4 is 5.69 Å². The lowest BCUT2D eigenvalue weighted by Crippen LogP contribution is -2.38. The molecular formula is C11H11F3N2O. The zero-order valence-electron chi connectivity index (χ0n) is 8.99. The molecule has 0 aliphatic carbocycles. The van der Waals surface area contributed by atoms with Gasteiger partial charge in [0.1, 0.15) is 0 Å². The highest BCUT2D eigenvalue weighted by atomic mass is 19.4. The van der Waals surface area contributed by atoms with Crippen molar-refractivity contribution in [3.63, 3.8) is 0 Å². The molecular weight excluding hydrogens is 233 g/mol. The summed E-state index contributed by atoms with van der Waals surface area (Å²) in [6.45, 7) is 1.72. The Morgan fingerprint density at radius 1 is 1.35 bits per heavy atom. The van der Waals surface area contributed by atoms with Crippen molar-refractivity contribution in [1.29, 1.82) is 0 Å². The van der Waals surface area contributed by atoms with E-state index in [2.05, 4.69) is 5.43 Å². The third kappa shape index (κ3) is 2.36. The topological polar surface area (TPSA) is 35.5 Å². The minimum atomic E-state index is -4.39. The Bertz CT molecular complexity index is 456. The summed E-state index contributed by atoms with van der Waals surface area (Å²) in [5.41, 5.74) is 2.99. The van der Waals surface area contributed by atoms with E-state index in [1.54, 1.807) is 6.92 Å². The van der Waals surface area contributed by atoms with Crippen molar-refractivity contribution in [1.82, 2.24) is 5.43 Å². The van der Waals surface area contributed by atoms with Crippen LogP contribution in [0, 0.1) is 0 Å². The van der Waals surface area contributed by atoms with Crippen molar-refractivity contribution in [3.8, 4) is 0 Å². The van der Waals surface area contributed by atoms with Gasteiger partial charge in [-0.1, -0.05) is 6.07 Å². The summed E-state index contributed by atoms with van der Waals surface area (Å²) in [5.74, 6) is 0. The monoisotopic (exact) mass is 244 g/mol. The first-order valence-electron chi connectivity index (χ1n) is 4.97. The van der Waals surface area contributed by atoms with Crippen LogP contribution in [0.15, 0.2) is 36.0 Å². The van der Waals surface area contributed by atoms with Gasteiger partial charge in [-0.3, -0.25) is 5.01 Å². The number of hydrogen-bond acceptors (Lipinski definition) is 3. The van der Waals surface area contributed by atoms with Crippen molar-refractivity contribution in [2.24, 2.45) is 0 Å². The number of nitrogens with zero attached hydrogens (tertiary/aromatic N) is 1. The highest BCUT2D eigenvalue weighted by Gasteiger charge is 2.31. The van der Waals surface area contributed by atoms with Crippen LogP contribution in [0.5, 0.6) is 0 Å². The summed E-state index contributed by atoms with van der Waals surface area (Å²) in [7, 11) is 0. The summed E-state index contributed by atoms with van der Waals surface area (Å²) in [6, 6.07) is 4.78. The largest absolute Gasteiger partial charge is 0.416 e. The van der Waals surface area contributed by atoms with Gasteiger partial charge < -0.3 is 10.5 Å². The molecule has 0 radical (unpaired) electrons. The van der Waals surface area contributed by atoms with Crippen LogP contribution in [0.2, 0.25) is 0 Å². The Hall–Kier alpha value is -1.69. The van der Waals surface area contributed by atoms with E-state index in [4.69, 9.17) is 0 Å². The van der Waals surface area contributed by atoms with Gasteiger partial charge in [-0.05, 0) is 31.2 Å². The molecule has 1 aliphatic rings. The highest BCUT2D eigenvalue weighted by molar-refractivity contribution is 5.51. The first-order valence-corrected chi connectivity index (χ1v) is 4.97. The lowest BCUT2D eigenvalue weighted by molar-refractivity contribution is -0.137. The van der Waals surface area contributed by atoms with Gasteiger partial charge >= 0.3 is 6.18 Å². The lowest BCUT2D eigenvalue weighted by Gasteiger charge is -2.24. The second-order valence-electron chi connectivity index (χ2n) is 3.79. The van der Waals surface area contributed by atoms with E-state index in [-0.39, 0.29) is 5.69 Å². The molecule has 1 aromatic rings. The fourth-order valence-electron chi connectivity index (χ4n) is 1.64. The van der Waals surface area contributed by atoms with E-state index < -0.39 is 18.0 Å². The van der Waals surface area contributed by atoms with Crippen LogP contribution in [0.4, 0.5) is 18.9 Å². The number of aliphatic hydroxyl groups is 1. The van der Waals surface area contributed by atoms with Crippen molar-refractivity contribution in [3.05, 3.63) is 41.6 Å². The molecule has 6 heteroatoms. The van der Waals surface area contributed by atoms with Gasteiger partial charge in [-0.15, -0.1) is 0 Å². The number of nitrogens with one attached hydrogen (secondary N) is 1. The summed E-state index contributed by atoms with van der Waals surface area (Å²) in [5, 5.41) is 10.9. The number of hydrogen-bond donors (Lipinski definition) is 2. The Morgan fingerprint density at radius 2 is 2.06 bits per heavy atom. The molecule has 3 nitrogen and oxygen atoms in total. The molecule has 0 amide bonds. The van der Waals surface area contributed by atoms with Gasteiger partial charge in [0, 0.05) is 5.70 Å². The van der Waals surface area contributed by atoms with Gasteiger partial charge in [-0.25, -0.2) is 0 Å². The Morgan fingerprint density at radius 3 is 2.59 bits per heavy atom. The van der Waals surface area contributed by atoms with Crippen LogP contribution in [0.3, 0.4) is 0 Å². The van der Waals surface area contributed by atoms with E-state index in [1.165, 1.54) is 23.2 Å². The zero-order valence-corrected chi connectivity index (χ0v) is 8.99. The van der Waals surface area contributed by atoms with Crippen LogP contribution in [0.25, 0.3) is 0 Å². The predicted octanol–water partition coefficient (Wildman–Crippen LogP) is 2.25. The molecule has 1 heterocycles. The van der Waals surface area contributed by atoms with Gasteiger partial charge in [0.05, 0.1) is 11.3 Å². The van der Waals surface area contributed by atoms with E-state index in [0.29, 0.717) is 5.70 Å². The van der Waals surface area contributed by atoms with Crippen molar-refractivity contribution < 1.29 is 18.3 Å².